The molecule has 0 aromatic heterocycles. The van der Waals surface area contributed by atoms with Crippen molar-refractivity contribution in [3.05, 3.63) is 33.6 Å². The molecule has 0 radical (unpaired) electrons. The summed E-state index contributed by atoms with van der Waals surface area (Å²) in [6.07, 6.45) is -0.791. The van der Waals surface area contributed by atoms with Gasteiger partial charge in [-0.05, 0) is 22.0 Å². The molecule has 0 saturated carbocycles. The maximum absolute atomic E-state index is 13.7. The highest BCUT2D eigenvalue weighted by Gasteiger charge is 2.27. The second-order valence-electron chi connectivity index (χ2n) is 3.45. The average Bonchev–Trinajstić information content (AvgIpc) is 2.28. The van der Waals surface area contributed by atoms with Gasteiger partial charge < -0.3 is 10.1 Å². The van der Waals surface area contributed by atoms with Crippen LogP contribution < -0.4 is 5.32 Å². The Hall–Kier alpha value is -0.590. The molecule has 1 aliphatic rings. The minimum absolute atomic E-state index is 0.101. The van der Waals surface area contributed by atoms with Gasteiger partial charge in [-0.3, -0.25) is 0 Å². The summed E-state index contributed by atoms with van der Waals surface area (Å²) < 4.78 is 45.4. The number of hydrogen-bond donors (Lipinski definition) is 1. The molecule has 1 unspecified atom stereocenters. The molecule has 1 fully saturated rings. The molecular weight excluding hydrogens is 287 g/mol. The van der Waals surface area contributed by atoms with E-state index in [1.807, 2.05) is 0 Å². The fraction of sp³-hybridized carbons (Fsp3) is 0.400. The van der Waals surface area contributed by atoms with Crippen LogP contribution in [0.2, 0.25) is 0 Å². The zero-order chi connectivity index (χ0) is 11.7. The Labute approximate surface area is 98.9 Å². The molecule has 16 heavy (non-hydrogen) atoms. The molecule has 1 aromatic carbocycles. The molecule has 1 aliphatic heterocycles. The van der Waals surface area contributed by atoms with Gasteiger partial charge in [0.15, 0.2) is 11.6 Å². The molecular formula is C10H9BrF3NO. The molecule has 1 heterocycles. The van der Waals surface area contributed by atoms with Gasteiger partial charge >= 0.3 is 0 Å². The Morgan fingerprint density at radius 1 is 1.31 bits per heavy atom. The Morgan fingerprint density at radius 3 is 2.69 bits per heavy atom. The van der Waals surface area contributed by atoms with Gasteiger partial charge in [0.05, 0.1) is 16.6 Å². The lowest BCUT2D eigenvalue weighted by molar-refractivity contribution is 0.0227. The zero-order valence-electron chi connectivity index (χ0n) is 8.20. The summed E-state index contributed by atoms with van der Waals surface area (Å²) in [5, 5.41) is 2.93. The third-order valence-corrected chi connectivity index (χ3v) is 2.97. The Morgan fingerprint density at radius 2 is 2.06 bits per heavy atom. The van der Waals surface area contributed by atoms with Crippen LogP contribution in [0.15, 0.2) is 10.5 Å². The van der Waals surface area contributed by atoms with Gasteiger partial charge in [-0.25, -0.2) is 13.2 Å². The SMILES string of the molecule is Fc1cc(Br)c(F)c(C2CNCCO2)c1F. The molecule has 1 N–H and O–H groups in total. The Balaban J connectivity index is 2.45. The van der Waals surface area contributed by atoms with E-state index < -0.39 is 23.6 Å². The van der Waals surface area contributed by atoms with Crippen LogP contribution in [0.1, 0.15) is 11.7 Å². The topological polar surface area (TPSA) is 21.3 Å². The summed E-state index contributed by atoms with van der Waals surface area (Å²) in [5.74, 6) is -3.08. The van der Waals surface area contributed by atoms with Crippen molar-refractivity contribution in [1.29, 1.82) is 0 Å². The molecule has 2 rings (SSSR count). The monoisotopic (exact) mass is 295 g/mol. The lowest BCUT2D eigenvalue weighted by atomic mass is 10.1. The van der Waals surface area contributed by atoms with E-state index in [1.165, 1.54) is 0 Å². The predicted molar refractivity (Wildman–Crippen MR) is 55.6 cm³/mol. The van der Waals surface area contributed by atoms with Crippen LogP contribution in [0.5, 0.6) is 0 Å². The molecule has 0 amide bonds. The van der Waals surface area contributed by atoms with E-state index in [2.05, 4.69) is 21.2 Å². The quantitative estimate of drug-likeness (QED) is 0.804. The van der Waals surface area contributed by atoms with Crippen LogP contribution in [0.4, 0.5) is 13.2 Å². The van der Waals surface area contributed by atoms with Crippen LogP contribution in [0, 0.1) is 17.5 Å². The highest BCUT2D eigenvalue weighted by molar-refractivity contribution is 9.10. The second kappa shape index (κ2) is 4.73. The van der Waals surface area contributed by atoms with Crippen molar-refractivity contribution in [1.82, 2.24) is 5.32 Å². The minimum Gasteiger partial charge on any atom is -0.371 e. The van der Waals surface area contributed by atoms with Crippen LogP contribution in [0.3, 0.4) is 0 Å². The Kier molecular flexibility index (Phi) is 3.51. The third-order valence-electron chi connectivity index (χ3n) is 2.40. The largest absolute Gasteiger partial charge is 0.371 e. The van der Waals surface area contributed by atoms with Gasteiger partial charge in [0.2, 0.25) is 0 Å². The minimum atomic E-state index is -1.19. The lowest BCUT2D eigenvalue weighted by Gasteiger charge is -2.25. The van der Waals surface area contributed by atoms with Crippen molar-refractivity contribution in [3.63, 3.8) is 0 Å². The van der Waals surface area contributed by atoms with E-state index in [9.17, 15) is 13.2 Å². The van der Waals surface area contributed by atoms with Crippen molar-refractivity contribution in [2.75, 3.05) is 19.7 Å². The van der Waals surface area contributed by atoms with Crippen molar-refractivity contribution >= 4 is 15.9 Å². The first kappa shape index (κ1) is 11.9. The first-order chi connectivity index (χ1) is 7.61. The van der Waals surface area contributed by atoms with Gasteiger partial charge in [-0.2, -0.15) is 0 Å². The molecule has 1 atom stereocenters. The number of morpholine rings is 1. The van der Waals surface area contributed by atoms with E-state index in [0.717, 1.165) is 6.07 Å². The van der Waals surface area contributed by atoms with Crippen LogP contribution in [-0.2, 0) is 4.74 Å². The van der Waals surface area contributed by atoms with E-state index >= 15 is 0 Å². The van der Waals surface area contributed by atoms with Gasteiger partial charge in [0.1, 0.15) is 11.9 Å². The third kappa shape index (κ3) is 2.09. The van der Waals surface area contributed by atoms with E-state index in [1.54, 1.807) is 0 Å². The normalized spacial score (nSPS) is 21.1. The van der Waals surface area contributed by atoms with Gasteiger partial charge in [-0.15, -0.1) is 0 Å². The summed E-state index contributed by atoms with van der Waals surface area (Å²) in [4.78, 5) is 0. The van der Waals surface area contributed by atoms with Crippen LogP contribution >= 0.6 is 15.9 Å². The Bertz CT molecular complexity index is 381. The van der Waals surface area contributed by atoms with E-state index in [-0.39, 0.29) is 16.6 Å². The molecule has 0 bridgehead atoms. The first-order valence-corrected chi connectivity index (χ1v) is 5.55. The zero-order valence-corrected chi connectivity index (χ0v) is 9.78. The molecule has 1 saturated heterocycles. The number of hydrogen-bond acceptors (Lipinski definition) is 2. The highest BCUT2D eigenvalue weighted by atomic mass is 79.9. The fourth-order valence-electron chi connectivity index (χ4n) is 1.63. The summed E-state index contributed by atoms with van der Waals surface area (Å²) in [6, 6.07) is 0.768. The molecule has 6 heteroatoms. The van der Waals surface area contributed by atoms with Gasteiger partial charge in [0.25, 0.3) is 0 Å². The van der Waals surface area contributed by atoms with Gasteiger partial charge in [0, 0.05) is 13.1 Å². The number of ether oxygens (including phenoxy) is 1. The van der Waals surface area contributed by atoms with E-state index in [4.69, 9.17) is 4.74 Å². The van der Waals surface area contributed by atoms with Gasteiger partial charge in [-0.1, -0.05) is 0 Å². The fourth-order valence-corrected chi connectivity index (χ4v) is 2.04. The van der Waals surface area contributed by atoms with Crippen LogP contribution in [0.25, 0.3) is 0 Å². The summed E-state index contributed by atoms with van der Waals surface area (Å²) in [7, 11) is 0. The second-order valence-corrected chi connectivity index (χ2v) is 4.30. The summed E-state index contributed by atoms with van der Waals surface area (Å²) in [6.45, 7) is 1.23. The van der Waals surface area contributed by atoms with Crippen LogP contribution in [-0.4, -0.2) is 19.7 Å². The predicted octanol–water partition coefficient (Wildman–Crippen LogP) is 2.53. The van der Waals surface area contributed by atoms with Crippen molar-refractivity contribution in [2.45, 2.75) is 6.10 Å². The molecule has 0 spiro atoms. The lowest BCUT2D eigenvalue weighted by Crippen LogP contribution is -2.34. The standard InChI is InChI=1S/C10H9BrF3NO/c11-5-3-6(12)10(14)8(9(5)13)7-4-15-1-2-16-7/h3,7,15H,1-2,4H2. The van der Waals surface area contributed by atoms with Crippen molar-refractivity contribution < 1.29 is 17.9 Å². The first-order valence-electron chi connectivity index (χ1n) is 4.76. The van der Waals surface area contributed by atoms with E-state index in [0.29, 0.717) is 13.2 Å². The molecule has 1 aromatic rings. The number of halogens is 4. The maximum Gasteiger partial charge on any atom is 0.167 e. The average molecular weight is 296 g/mol. The summed E-state index contributed by atoms with van der Waals surface area (Å²) >= 11 is 2.84. The van der Waals surface area contributed by atoms with Crippen molar-refractivity contribution in [2.24, 2.45) is 0 Å². The molecule has 0 aliphatic carbocycles. The smallest absolute Gasteiger partial charge is 0.167 e. The highest BCUT2D eigenvalue weighted by Crippen LogP contribution is 2.31. The number of benzene rings is 1. The maximum atomic E-state index is 13.7. The van der Waals surface area contributed by atoms with Crippen molar-refractivity contribution in [3.8, 4) is 0 Å². The summed E-state index contributed by atoms with van der Waals surface area (Å²) in [5.41, 5.74) is -0.362. The number of rotatable bonds is 1. The molecule has 88 valence electrons. The molecule has 2 nitrogen and oxygen atoms in total. The number of nitrogens with one attached hydrogen (secondary N) is 1.